The molecule has 0 saturated carbocycles. The van der Waals surface area contributed by atoms with Gasteiger partial charge in [0.25, 0.3) is 0 Å². The summed E-state index contributed by atoms with van der Waals surface area (Å²) < 4.78 is 61.2. The normalized spacial score (nSPS) is 12.6. The summed E-state index contributed by atoms with van der Waals surface area (Å²) in [6, 6.07) is 0. The molecule has 0 fully saturated rings. The van der Waals surface area contributed by atoms with Gasteiger partial charge in [0, 0.05) is 0 Å². The van der Waals surface area contributed by atoms with Crippen LogP contribution in [-0.2, 0) is 9.47 Å². The Balaban J connectivity index is 3.63. The largest absolute Gasteiger partial charge is 0.492 e. The van der Waals surface area contributed by atoms with Crippen LogP contribution >= 0.6 is 0 Å². The lowest BCUT2D eigenvalue weighted by Gasteiger charge is -2.12. The number of alkyl halides is 5. The van der Waals surface area contributed by atoms with Crippen molar-refractivity contribution in [2.75, 3.05) is 6.86 Å². The van der Waals surface area contributed by atoms with Gasteiger partial charge in [-0.15, -0.1) is 8.78 Å². The Kier molecular flexibility index (Phi) is 3.51. The van der Waals surface area contributed by atoms with Crippen LogP contribution in [0.3, 0.4) is 0 Å². The number of ether oxygens (including phenoxy) is 2. The zero-order chi connectivity index (χ0) is 8.20. The fourth-order valence-corrected chi connectivity index (χ4v) is 0.201. The third-order valence-electron chi connectivity index (χ3n) is 0.449. The highest BCUT2D eigenvalue weighted by molar-refractivity contribution is 4.27. The molecule has 0 aromatic carbocycles. The second kappa shape index (κ2) is 3.67. The number of halogens is 5. The molecule has 0 spiro atoms. The molecule has 10 heavy (non-hydrogen) atoms. The molecule has 7 heteroatoms. The van der Waals surface area contributed by atoms with Crippen LogP contribution in [0.15, 0.2) is 0 Å². The van der Waals surface area contributed by atoms with Gasteiger partial charge < -0.3 is 0 Å². The van der Waals surface area contributed by atoms with Crippen LogP contribution in [0.4, 0.5) is 22.0 Å². The predicted molar refractivity (Wildman–Crippen MR) is 19.1 cm³/mol. The molecule has 0 unspecified atom stereocenters. The van der Waals surface area contributed by atoms with Crippen LogP contribution in [0.1, 0.15) is 0 Å². The Morgan fingerprint density at radius 1 is 1.30 bits per heavy atom. The Hall–Kier alpha value is -0.430. The van der Waals surface area contributed by atoms with Crippen molar-refractivity contribution in [1.29, 1.82) is 0 Å². The second-order valence-electron chi connectivity index (χ2n) is 1.10. The topological polar surface area (TPSA) is 18.5 Å². The lowest BCUT2D eigenvalue weighted by molar-refractivity contribution is -0.440. The van der Waals surface area contributed by atoms with Gasteiger partial charge in [0.2, 0.25) is 0 Å². The Labute approximate surface area is 52.5 Å². The van der Waals surface area contributed by atoms with Gasteiger partial charge >= 0.3 is 12.9 Å². The number of rotatable bonds is 4. The summed E-state index contributed by atoms with van der Waals surface area (Å²) in [5.74, 6) is 0. The molecule has 0 aliphatic heterocycles. The third kappa shape index (κ3) is 4.45. The van der Waals surface area contributed by atoms with Crippen molar-refractivity contribution in [3.63, 3.8) is 0 Å². The monoisotopic (exact) mass is 166 g/mol. The Morgan fingerprint density at radius 3 is 2.10 bits per heavy atom. The minimum absolute atomic E-state index is 1.89. The van der Waals surface area contributed by atoms with Crippen molar-refractivity contribution < 1.29 is 31.4 Å². The van der Waals surface area contributed by atoms with Gasteiger partial charge in [0.05, 0.1) is 0 Å². The lowest BCUT2D eigenvalue weighted by atomic mass is 11.2. The van der Waals surface area contributed by atoms with Crippen LogP contribution in [0.25, 0.3) is 0 Å². The number of hydrogen-bond donors (Lipinski definition) is 0. The Bertz CT molecular complexity index is 94.9. The molecule has 0 aliphatic carbocycles. The molecule has 0 heterocycles. The SMILES string of the molecule is FCOC(F)(F)OC(F)F. The highest BCUT2D eigenvalue weighted by atomic mass is 19.3. The molecule has 0 aromatic heterocycles. The summed E-state index contributed by atoms with van der Waals surface area (Å²) >= 11 is 0. The van der Waals surface area contributed by atoms with E-state index in [1.165, 1.54) is 0 Å². The smallest absolute Gasteiger partial charge is 0.264 e. The van der Waals surface area contributed by atoms with Crippen LogP contribution in [0, 0.1) is 0 Å². The van der Waals surface area contributed by atoms with Crippen LogP contribution in [-0.4, -0.2) is 19.8 Å². The first-order valence-electron chi connectivity index (χ1n) is 2.01. The van der Waals surface area contributed by atoms with Gasteiger partial charge in [-0.3, -0.25) is 4.74 Å². The minimum atomic E-state index is -4.55. The molecule has 0 atom stereocenters. The molecule has 0 aromatic rings. The van der Waals surface area contributed by atoms with Crippen molar-refractivity contribution in [3.8, 4) is 0 Å². The first kappa shape index (κ1) is 9.57. The molecular weight excluding hydrogens is 163 g/mol. The van der Waals surface area contributed by atoms with E-state index in [4.69, 9.17) is 0 Å². The fourth-order valence-electron chi connectivity index (χ4n) is 0.201. The standard InChI is InChI=1S/C3H3F5O2/c4-1-9-3(7,8)10-2(5)6/h2H,1H2. The van der Waals surface area contributed by atoms with Gasteiger partial charge in [-0.05, 0) is 0 Å². The minimum Gasteiger partial charge on any atom is -0.264 e. The van der Waals surface area contributed by atoms with Gasteiger partial charge in [-0.25, -0.2) is 9.13 Å². The summed E-state index contributed by atoms with van der Waals surface area (Å²) in [7, 11) is 0. The van der Waals surface area contributed by atoms with E-state index >= 15 is 0 Å². The predicted octanol–water partition coefficient (Wildman–Crippen LogP) is 1.72. The zero-order valence-corrected chi connectivity index (χ0v) is 4.49. The molecule has 0 radical (unpaired) electrons. The van der Waals surface area contributed by atoms with Crippen molar-refractivity contribution >= 4 is 0 Å². The third-order valence-corrected chi connectivity index (χ3v) is 0.449. The molecule has 0 aliphatic rings. The Morgan fingerprint density at radius 2 is 1.80 bits per heavy atom. The van der Waals surface area contributed by atoms with Gasteiger partial charge in [0.1, 0.15) is 0 Å². The van der Waals surface area contributed by atoms with Gasteiger partial charge in [-0.2, -0.15) is 8.78 Å². The van der Waals surface area contributed by atoms with E-state index in [9.17, 15) is 22.0 Å². The summed E-state index contributed by atoms with van der Waals surface area (Å²) in [5.41, 5.74) is 0. The summed E-state index contributed by atoms with van der Waals surface area (Å²) in [5, 5.41) is 0. The summed E-state index contributed by atoms with van der Waals surface area (Å²) in [4.78, 5) is 0. The van der Waals surface area contributed by atoms with E-state index < -0.39 is 19.8 Å². The van der Waals surface area contributed by atoms with Gasteiger partial charge in [-0.1, -0.05) is 0 Å². The second-order valence-corrected chi connectivity index (χ2v) is 1.10. The van der Waals surface area contributed by atoms with E-state index in [0.29, 0.717) is 0 Å². The highest BCUT2D eigenvalue weighted by Gasteiger charge is 2.35. The number of hydrogen-bond acceptors (Lipinski definition) is 2. The molecule has 2 nitrogen and oxygen atoms in total. The van der Waals surface area contributed by atoms with E-state index in [-0.39, 0.29) is 0 Å². The average Bonchev–Trinajstić information content (AvgIpc) is 1.59. The van der Waals surface area contributed by atoms with E-state index in [1.54, 1.807) is 0 Å². The van der Waals surface area contributed by atoms with E-state index in [0.717, 1.165) is 0 Å². The van der Waals surface area contributed by atoms with E-state index in [2.05, 4.69) is 9.47 Å². The lowest BCUT2D eigenvalue weighted by Crippen LogP contribution is -2.27. The van der Waals surface area contributed by atoms with Crippen molar-refractivity contribution in [3.05, 3.63) is 0 Å². The quantitative estimate of drug-likeness (QED) is 0.467. The maximum atomic E-state index is 11.5. The summed E-state index contributed by atoms with van der Waals surface area (Å²) in [6.07, 6.45) is -4.55. The van der Waals surface area contributed by atoms with E-state index in [1.807, 2.05) is 0 Å². The molecular formula is C3H3F5O2. The van der Waals surface area contributed by atoms with Crippen LogP contribution < -0.4 is 0 Å². The molecule has 0 N–H and O–H groups in total. The van der Waals surface area contributed by atoms with Crippen molar-refractivity contribution in [2.45, 2.75) is 12.9 Å². The molecule has 0 rings (SSSR count). The molecule has 0 amide bonds. The molecule has 0 saturated heterocycles. The molecule has 0 bridgehead atoms. The fraction of sp³-hybridized carbons (Fsp3) is 1.00. The van der Waals surface area contributed by atoms with Crippen LogP contribution in [0.2, 0.25) is 0 Å². The van der Waals surface area contributed by atoms with Crippen molar-refractivity contribution in [1.82, 2.24) is 0 Å². The first-order chi connectivity index (χ1) is 4.48. The van der Waals surface area contributed by atoms with Crippen LogP contribution in [0.5, 0.6) is 0 Å². The summed E-state index contributed by atoms with van der Waals surface area (Å²) in [6.45, 7) is -5.58. The maximum absolute atomic E-state index is 11.5. The maximum Gasteiger partial charge on any atom is 0.492 e. The van der Waals surface area contributed by atoms with Gasteiger partial charge in [0.15, 0.2) is 6.86 Å². The average molecular weight is 166 g/mol. The van der Waals surface area contributed by atoms with Crippen molar-refractivity contribution in [2.24, 2.45) is 0 Å². The highest BCUT2D eigenvalue weighted by Crippen LogP contribution is 2.20. The molecule has 62 valence electrons. The zero-order valence-electron chi connectivity index (χ0n) is 4.49. The first-order valence-corrected chi connectivity index (χ1v) is 2.01.